The molecule has 4 rings (SSSR count). The average molecular weight is 560 g/mol. The molecule has 0 radical (unpaired) electrons. The fraction of sp³-hybridized carbons (Fsp3) is 0.312. The van der Waals surface area contributed by atoms with Gasteiger partial charge in [0.1, 0.15) is 6.04 Å². The summed E-state index contributed by atoms with van der Waals surface area (Å²) in [6, 6.07) is 22.8. The Morgan fingerprint density at radius 1 is 0.875 bits per heavy atom. The van der Waals surface area contributed by atoms with Gasteiger partial charge in [-0.1, -0.05) is 79.5 Å². The molecule has 1 heterocycles. The summed E-state index contributed by atoms with van der Waals surface area (Å²) in [6.45, 7) is 2.90. The molecule has 1 aliphatic rings. The number of rotatable bonds is 13. The lowest BCUT2D eigenvalue weighted by atomic mass is 10.0. The summed E-state index contributed by atoms with van der Waals surface area (Å²) in [5, 5.41) is 3.55. The maximum absolute atomic E-state index is 13.8. The van der Waals surface area contributed by atoms with Crippen LogP contribution in [0.5, 0.6) is 0 Å². The lowest BCUT2D eigenvalue weighted by Crippen LogP contribution is -2.50. The van der Waals surface area contributed by atoms with Crippen LogP contribution in [0.2, 0.25) is 5.02 Å². The van der Waals surface area contributed by atoms with E-state index in [2.05, 4.69) is 12.2 Å². The number of unbranched alkanes of at least 4 members (excludes halogenated alkanes) is 1. The summed E-state index contributed by atoms with van der Waals surface area (Å²) < 4.78 is 0. The second-order valence-corrected chi connectivity index (χ2v) is 10.3. The van der Waals surface area contributed by atoms with E-state index in [0.29, 0.717) is 29.1 Å². The fourth-order valence-electron chi connectivity index (χ4n) is 4.87. The van der Waals surface area contributed by atoms with Gasteiger partial charge in [0.2, 0.25) is 11.8 Å². The number of imide groups is 1. The second kappa shape index (κ2) is 13.9. The largest absolute Gasteiger partial charge is 0.354 e. The summed E-state index contributed by atoms with van der Waals surface area (Å²) in [7, 11) is 0. The molecule has 0 fully saturated rings. The van der Waals surface area contributed by atoms with Crippen molar-refractivity contribution in [2.75, 3.05) is 13.1 Å². The van der Waals surface area contributed by atoms with Crippen molar-refractivity contribution in [3.05, 3.63) is 106 Å². The number of hydrogen-bond acceptors (Lipinski definition) is 4. The molecule has 0 saturated heterocycles. The minimum absolute atomic E-state index is 0.0709. The Bertz CT molecular complexity index is 1330. The molecule has 40 heavy (non-hydrogen) atoms. The van der Waals surface area contributed by atoms with E-state index in [4.69, 9.17) is 11.6 Å². The molecule has 1 aliphatic heterocycles. The monoisotopic (exact) mass is 559 g/mol. The van der Waals surface area contributed by atoms with Gasteiger partial charge in [-0.3, -0.25) is 24.1 Å². The Balaban J connectivity index is 1.53. The zero-order chi connectivity index (χ0) is 28.5. The van der Waals surface area contributed by atoms with Crippen LogP contribution < -0.4 is 5.32 Å². The Kier molecular flexibility index (Phi) is 10.1. The molecule has 1 N–H and O–H groups in total. The number of nitrogens with one attached hydrogen (secondary N) is 1. The zero-order valence-electron chi connectivity index (χ0n) is 22.6. The quantitative estimate of drug-likeness (QED) is 0.228. The molecular formula is C32H34ClN3O4. The van der Waals surface area contributed by atoms with Gasteiger partial charge in [-0.15, -0.1) is 0 Å². The molecule has 8 heteroatoms. The van der Waals surface area contributed by atoms with E-state index >= 15 is 0 Å². The summed E-state index contributed by atoms with van der Waals surface area (Å²) in [5.74, 6) is -1.14. The Hall–Kier alpha value is -3.97. The molecule has 0 spiro atoms. The number of carbonyl (C=O) groups is 4. The van der Waals surface area contributed by atoms with Crippen LogP contribution in [0.3, 0.4) is 0 Å². The van der Waals surface area contributed by atoms with Crippen LogP contribution >= 0.6 is 11.6 Å². The van der Waals surface area contributed by atoms with Gasteiger partial charge in [-0.25, -0.2) is 0 Å². The number of halogens is 1. The van der Waals surface area contributed by atoms with E-state index in [9.17, 15) is 19.2 Å². The first-order valence-corrected chi connectivity index (χ1v) is 14.1. The highest BCUT2D eigenvalue weighted by atomic mass is 35.5. The van der Waals surface area contributed by atoms with Crippen LogP contribution in [-0.2, 0) is 22.6 Å². The summed E-state index contributed by atoms with van der Waals surface area (Å²) >= 11 is 6.23. The van der Waals surface area contributed by atoms with Gasteiger partial charge >= 0.3 is 0 Å². The maximum Gasteiger partial charge on any atom is 0.261 e. The number of fused-ring (bicyclic) bond motifs is 1. The Labute approximate surface area is 240 Å². The van der Waals surface area contributed by atoms with Gasteiger partial charge in [0.15, 0.2) is 0 Å². The van der Waals surface area contributed by atoms with E-state index in [0.717, 1.165) is 24.0 Å². The Morgan fingerprint density at radius 3 is 2.17 bits per heavy atom. The third kappa shape index (κ3) is 7.16. The molecule has 3 aromatic carbocycles. The first-order valence-electron chi connectivity index (χ1n) is 13.7. The van der Waals surface area contributed by atoms with Crippen LogP contribution in [0, 0.1) is 0 Å². The van der Waals surface area contributed by atoms with Crippen molar-refractivity contribution in [3.63, 3.8) is 0 Å². The van der Waals surface area contributed by atoms with Gasteiger partial charge in [-0.05, 0) is 48.2 Å². The predicted molar refractivity (Wildman–Crippen MR) is 155 cm³/mol. The molecule has 0 aromatic heterocycles. The fourth-order valence-corrected chi connectivity index (χ4v) is 5.08. The molecule has 0 saturated carbocycles. The van der Waals surface area contributed by atoms with Gasteiger partial charge in [-0.2, -0.15) is 0 Å². The standard InChI is InChI=1S/C32H34ClN3O4/c1-2-3-18-34-30(38)28(21-23-11-5-4-6-12-23)36(22-24-13-9-14-25(33)20-24)29(37)17-10-19-35-31(39)26-15-7-8-16-27(26)32(35)40/h4-9,11-16,20,28H,2-3,10,17-19,21-22H2,1H3,(H,34,38). The molecule has 0 aliphatic carbocycles. The van der Waals surface area contributed by atoms with Gasteiger partial charge in [0.05, 0.1) is 11.1 Å². The summed E-state index contributed by atoms with van der Waals surface area (Å²) in [6.07, 6.45) is 2.48. The molecular weight excluding hydrogens is 526 g/mol. The minimum atomic E-state index is -0.745. The molecule has 4 amide bonds. The van der Waals surface area contributed by atoms with Crippen molar-refractivity contribution in [3.8, 4) is 0 Å². The van der Waals surface area contributed by atoms with Gasteiger partial charge in [0, 0.05) is 37.5 Å². The highest BCUT2D eigenvalue weighted by Gasteiger charge is 2.35. The van der Waals surface area contributed by atoms with Crippen molar-refractivity contribution in [1.29, 1.82) is 0 Å². The van der Waals surface area contributed by atoms with Crippen molar-refractivity contribution >= 4 is 35.2 Å². The lowest BCUT2D eigenvalue weighted by Gasteiger charge is -2.32. The number of nitrogens with zero attached hydrogens (tertiary/aromatic N) is 2. The SMILES string of the molecule is CCCCNC(=O)C(Cc1ccccc1)N(Cc1cccc(Cl)c1)C(=O)CCCN1C(=O)c2ccccc2C1=O. The summed E-state index contributed by atoms with van der Waals surface area (Å²) in [4.78, 5) is 55.6. The van der Waals surface area contributed by atoms with Gasteiger partial charge < -0.3 is 10.2 Å². The maximum atomic E-state index is 13.8. The van der Waals surface area contributed by atoms with Crippen molar-refractivity contribution in [1.82, 2.24) is 15.1 Å². The normalized spacial score (nSPS) is 13.2. The topological polar surface area (TPSA) is 86.8 Å². The van der Waals surface area contributed by atoms with Crippen LogP contribution in [0.1, 0.15) is 64.4 Å². The van der Waals surface area contributed by atoms with Crippen molar-refractivity contribution in [2.45, 2.75) is 51.6 Å². The highest BCUT2D eigenvalue weighted by molar-refractivity contribution is 6.30. The third-order valence-corrected chi connectivity index (χ3v) is 7.23. The number of hydrogen-bond donors (Lipinski definition) is 1. The van der Waals surface area contributed by atoms with E-state index < -0.39 is 6.04 Å². The Morgan fingerprint density at radius 2 is 1.52 bits per heavy atom. The molecule has 3 aromatic rings. The third-order valence-electron chi connectivity index (χ3n) is 6.99. The number of benzene rings is 3. The molecule has 0 bridgehead atoms. The van der Waals surface area contributed by atoms with Gasteiger partial charge in [0.25, 0.3) is 11.8 Å². The van der Waals surface area contributed by atoms with E-state index in [-0.39, 0.29) is 49.6 Å². The predicted octanol–water partition coefficient (Wildman–Crippen LogP) is 5.27. The smallest absolute Gasteiger partial charge is 0.261 e. The number of amides is 4. The zero-order valence-corrected chi connectivity index (χ0v) is 23.4. The first kappa shape index (κ1) is 29.0. The average Bonchev–Trinajstić information content (AvgIpc) is 3.20. The second-order valence-electron chi connectivity index (χ2n) is 9.91. The lowest BCUT2D eigenvalue weighted by molar-refractivity contribution is -0.141. The van der Waals surface area contributed by atoms with Crippen LogP contribution in [-0.4, -0.2) is 52.6 Å². The highest BCUT2D eigenvalue weighted by Crippen LogP contribution is 2.23. The molecule has 1 unspecified atom stereocenters. The molecule has 7 nitrogen and oxygen atoms in total. The molecule has 208 valence electrons. The van der Waals surface area contributed by atoms with Crippen LogP contribution in [0.25, 0.3) is 0 Å². The molecule has 1 atom stereocenters. The van der Waals surface area contributed by atoms with E-state index in [1.807, 2.05) is 42.5 Å². The first-order chi connectivity index (χ1) is 19.4. The minimum Gasteiger partial charge on any atom is -0.354 e. The van der Waals surface area contributed by atoms with E-state index in [1.54, 1.807) is 41.3 Å². The summed E-state index contributed by atoms with van der Waals surface area (Å²) in [5.41, 5.74) is 2.51. The van der Waals surface area contributed by atoms with Crippen molar-refractivity contribution in [2.24, 2.45) is 0 Å². The van der Waals surface area contributed by atoms with Crippen molar-refractivity contribution < 1.29 is 19.2 Å². The van der Waals surface area contributed by atoms with Crippen LogP contribution in [0.15, 0.2) is 78.9 Å². The van der Waals surface area contributed by atoms with Crippen LogP contribution in [0.4, 0.5) is 0 Å². The van der Waals surface area contributed by atoms with E-state index in [1.165, 1.54) is 4.90 Å². The number of carbonyl (C=O) groups excluding carboxylic acids is 4.